The van der Waals surface area contributed by atoms with E-state index < -0.39 is 0 Å². The van der Waals surface area contributed by atoms with Crippen molar-refractivity contribution in [3.8, 4) is 0 Å². The smallest absolute Gasteiger partial charge is 0.0679 e. The van der Waals surface area contributed by atoms with Crippen LogP contribution >= 0.6 is 12.4 Å². The molecule has 0 aliphatic carbocycles. The van der Waals surface area contributed by atoms with Crippen LogP contribution in [0.5, 0.6) is 0 Å². The van der Waals surface area contributed by atoms with Gasteiger partial charge in [0.15, 0.2) is 0 Å². The molecule has 11 heavy (non-hydrogen) atoms. The van der Waals surface area contributed by atoms with Crippen LogP contribution in [0, 0.1) is 0 Å². The van der Waals surface area contributed by atoms with Crippen LogP contribution in [0.3, 0.4) is 0 Å². The Morgan fingerprint density at radius 2 is 2.27 bits per heavy atom. The number of likely N-dealkylation sites (tertiary alicyclic amines) is 1. The molecule has 1 heterocycles. The Labute approximate surface area is 74.0 Å². The maximum atomic E-state index is 9.13. The lowest BCUT2D eigenvalue weighted by molar-refractivity contribution is 0.176. The van der Waals surface area contributed by atoms with Crippen molar-refractivity contribution in [2.24, 2.45) is 5.73 Å². The lowest BCUT2D eigenvalue weighted by Gasteiger charge is -2.12. The van der Waals surface area contributed by atoms with Crippen LogP contribution in [0.25, 0.3) is 0 Å². The van der Waals surface area contributed by atoms with Gasteiger partial charge >= 0.3 is 0 Å². The van der Waals surface area contributed by atoms with Crippen molar-refractivity contribution in [2.75, 3.05) is 26.2 Å². The monoisotopic (exact) mass is 180 g/mol. The molecule has 3 nitrogen and oxygen atoms in total. The van der Waals surface area contributed by atoms with Crippen LogP contribution in [-0.4, -0.2) is 42.3 Å². The van der Waals surface area contributed by atoms with Gasteiger partial charge in [0.2, 0.25) is 0 Å². The van der Waals surface area contributed by atoms with Crippen molar-refractivity contribution in [1.82, 2.24) is 4.90 Å². The zero-order chi connectivity index (χ0) is 7.40. The van der Waals surface area contributed by atoms with Gasteiger partial charge in [0.25, 0.3) is 0 Å². The van der Waals surface area contributed by atoms with Gasteiger partial charge in [-0.05, 0) is 25.9 Å². The Morgan fingerprint density at radius 1 is 1.55 bits per heavy atom. The molecule has 68 valence electrons. The summed E-state index contributed by atoms with van der Waals surface area (Å²) >= 11 is 0. The molecule has 1 fully saturated rings. The van der Waals surface area contributed by atoms with Crippen LogP contribution in [0.4, 0.5) is 0 Å². The van der Waals surface area contributed by atoms with E-state index in [2.05, 4.69) is 4.90 Å². The zero-order valence-corrected chi connectivity index (χ0v) is 7.52. The summed E-state index contributed by atoms with van der Waals surface area (Å²) in [5.41, 5.74) is 5.35. The summed E-state index contributed by atoms with van der Waals surface area (Å²) in [4.78, 5) is 2.26. The fourth-order valence-corrected chi connectivity index (χ4v) is 1.33. The van der Waals surface area contributed by atoms with E-state index in [-0.39, 0.29) is 18.5 Å². The predicted molar refractivity (Wildman–Crippen MR) is 48.0 cm³/mol. The predicted octanol–water partition coefficient (Wildman–Crippen LogP) is -0.176. The molecule has 1 atom stereocenters. The Hall–Kier alpha value is 0.170. The van der Waals surface area contributed by atoms with Crippen molar-refractivity contribution >= 4 is 12.4 Å². The molecule has 0 aromatic heterocycles. The number of aliphatic hydroxyl groups is 1. The number of hydrogen-bond donors (Lipinski definition) is 2. The Morgan fingerprint density at radius 3 is 2.73 bits per heavy atom. The molecule has 4 heteroatoms. The van der Waals surface area contributed by atoms with E-state index in [9.17, 15) is 0 Å². The van der Waals surface area contributed by atoms with Gasteiger partial charge < -0.3 is 15.7 Å². The van der Waals surface area contributed by atoms with Crippen LogP contribution in [-0.2, 0) is 0 Å². The van der Waals surface area contributed by atoms with Crippen molar-refractivity contribution in [3.05, 3.63) is 0 Å². The van der Waals surface area contributed by atoms with E-state index in [0.717, 1.165) is 39.0 Å². The van der Waals surface area contributed by atoms with Crippen molar-refractivity contribution in [3.63, 3.8) is 0 Å². The number of rotatable bonds is 3. The summed E-state index contributed by atoms with van der Waals surface area (Å²) in [6.45, 7) is 3.70. The first-order chi connectivity index (χ1) is 4.83. The molecule has 0 bridgehead atoms. The van der Waals surface area contributed by atoms with Gasteiger partial charge in [-0.1, -0.05) is 0 Å². The molecule has 3 N–H and O–H groups in total. The summed E-state index contributed by atoms with van der Waals surface area (Å²) < 4.78 is 0. The number of halogens is 1. The lowest BCUT2D eigenvalue weighted by Crippen LogP contribution is -2.24. The van der Waals surface area contributed by atoms with Crippen molar-refractivity contribution in [2.45, 2.75) is 18.9 Å². The summed E-state index contributed by atoms with van der Waals surface area (Å²) in [5, 5.41) is 9.13. The Bertz CT molecular complexity index is 102. The maximum Gasteiger partial charge on any atom is 0.0679 e. The van der Waals surface area contributed by atoms with Gasteiger partial charge in [-0.3, -0.25) is 0 Å². The zero-order valence-electron chi connectivity index (χ0n) is 6.70. The summed E-state index contributed by atoms with van der Waals surface area (Å²) in [5.74, 6) is 0. The summed E-state index contributed by atoms with van der Waals surface area (Å²) in [6, 6.07) is 0. The number of nitrogens with zero attached hydrogens (tertiary/aromatic N) is 1. The molecule has 1 rings (SSSR count). The molecule has 0 radical (unpaired) electrons. The van der Waals surface area contributed by atoms with E-state index in [1.165, 1.54) is 0 Å². The van der Waals surface area contributed by atoms with E-state index in [4.69, 9.17) is 10.8 Å². The summed E-state index contributed by atoms with van der Waals surface area (Å²) in [6.07, 6.45) is 1.90. The molecule has 1 saturated heterocycles. The minimum atomic E-state index is -0.0854. The van der Waals surface area contributed by atoms with Gasteiger partial charge in [-0.25, -0.2) is 0 Å². The second kappa shape index (κ2) is 5.77. The highest BCUT2D eigenvalue weighted by Crippen LogP contribution is 2.07. The number of nitrogens with two attached hydrogens (primary N) is 1. The topological polar surface area (TPSA) is 49.5 Å². The first-order valence-corrected chi connectivity index (χ1v) is 3.93. The fraction of sp³-hybridized carbons (Fsp3) is 1.00. The van der Waals surface area contributed by atoms with Gasteiger partial charge in [0.05, 0.1) is 6.10 Å². The SMILES string of the molecule is Cl.NCCCN1CCC(O)C1. The highest BCUT2D eigenvalue weighted by molar-refractivity contribution is 5.85. The number of β-amino-alcohol motifs (C(OH)–C–C–N with tert-alkyl or cyclic N) is 1. The molecular formula is C7H17ClN2O. The first kappa shape index (κ1) is 11.2. The maximum absolute atomic E-state index is 9.13. The molecule has 1 unspecified atom stereocenters. The third-order valence-corrected chi connectivity index (χ3v) is 1.93. The second-order valence-corrected chi connectivity index (χ2v) is 2.89. The van der Waals surface area contributed by atoms with Crippen LogP contribution in [0.2, 0.25) is 0 Å². The molecule has 1 aliphatic rings. The van der Waals surface area contributed by atoms with Crippen LogP contribution in [0.15, 0.2) is 0 Å². The second-order valence-electron chi connectivity index (χ2n) is 2.89. The van der Waals surface area contributed by atoms with Crippen molar-refractivity contribution < 1.29 is 5.11 Å². The number of aliphatic hydroxyl groups excluding tert-OH is 1. The van der Waals surface area contributed by atoms with Crippen LogP contribution < -0.4 is 5.73 Å². The number of hydrogen-bond acceptors (Lipinski definition) is 3. The Kier molecular flexibility index (Phi) is 5.86. The normalized spacial score (nSPS) is 25.1. The third kappa shape index (κ3) is 3.91. The third-order valence-electron chi connectivity index (χ3n) is 1.93. The minimum Gasteiger partial charge on any atom is -0.392 e. The Balaban J connectivity index is 0.000001000. The van der Waals surface area contributed by atoms with Crippen LogP contribution in [0.1, 0.15) is 12.8 Å². The standard InChI is InChI=1S/C7H16N2O.ClH/c8-3-1-4-9-5-2-7(10)6-9;/h7,10H,1-6,8H2;1H. The van der Waals surface area contributed by atoms with E-state index in [1.807, 2.05) is 0 Å². The molecule has 0 saturated carbocycles. The van der Waals surface area contributed by atoms with Gasteiger partial charge in [0, 0.05) is 13.1 Å². The van der Waals surface area contributed by atoms with E-state index in [1.54, 1.807) is 0 Å². The van der Waals surface area contributed by atoms with E-state index >= 15 is 0 Å². The molecule has 0 aromatic rings. The largest absolute Gasteiger partial charge is 0.392 e. The molecule has 0 aromatic carbocycles. The highest BCUT2D eigenvalue weighted by Gasteiger charge is 2.18. The van der Waals surface area contributed by atoms with Gasteiger partial charge in [-0.2, -0.15) is 0 Å². The molecule has 1 aliphatic heterocycles. The lowest BCUT2D eigenvalue weighted by atomic mass is 10.3. The van der Waals surface area contributed by atoms with Gasteiger partial charge in [-0.15, -0.1) is 12.4 Å². The molecular weight excluding hydrogens is 164 g/mol. The average molecular weight is 181 g/mol. The first-order valence-electron chi connectivity index (χ1n) is 3.93. The molecule has 0 spiro atoms. The van der Waals surface area contributed by atoms with Crippen molar-refractivity contribution in [1.29, 1.82) is 0 Å². The highest BCUT2D eigenvalue weighted by atomic mass is 35.5. The van der Waals surface area contributed by atoms with E-state index in [0.29, 0.717) is 0 Å². The molecule has 0 amide bonds. The summed E-state index contributed by atoms with van der Waals surface area (Å²) in [7, 11) is 0. The van der Waals surface area contributed by atoms with Gasteiger partial charge in [0.1, 0.15) is 0 Å². The quantitative estimate of drug-likeness (QED) is 0.634. The average Bonchev–Trinajstić information content (AvgIpc) is 2.31. The fourth-order valence-electron chi connectivity index (χ4n) is 1.33. The minimum absolute atomic E-state index is 0.